The maximum absolute atomic E-state index is 12.7. The molecule has 8 heteroatoms. The van der Waals surface area contributed by atoms with Gasteiger partial charge in [-0.1, -0.05) is 13.8 Å². The summed E-state index contributed by atoms with van der Waals surface area (Å²) in [7, 11) is -1.83. The monoisotopic (exact) mass is 391 g/mol. The van der Waals surface area contributed by atoms with Gasteiger partial charge in [0, 0.05) is 38.3 Å². The molecule has 0 fully saturated rings. The molecule has 1 aromatic carbocycles. The van der Waals surface area contributed by atoms with Crippen molar-refractivity contribution in [2.24, 2.45) is 5.73 Å². The highest BCUT2D eigenvalue weighted by molar-refractivity contribution is 7.89. The second-order valence-corrected chi connectivity index (χ2v) is 7.87. The van der Waals surface area contributed by atoms with Crippen LogP contribution in [0.5, 0.6) is 0 Å². The Morgan fingerprint density at radius 3 is 2.00 bits per heavy atom. The molecule has 0 aromatic heterocycles. The second-order valence-electron chi connectivity index (χ2n) is 5.93. The van der Waals surface area contributed by atoms with Crippen molar-refractivity contribution < 1.29 is 13.2 Å². The first kappa shape index (κ1) is 23.9. The fraction of sp³-hybridized carbons (Fsp3) is 0.588. The smallest absolute Gasteiger partial charge is 0.253 e. The third-order valence-electron chi connectivity index (χ3n) is 4.01. The molecule has 0 spiro atoms. The summed E-state index contributed by atoms with van der Waals surface area (Å²) in [5.74, 6) is -0.170. The number of sulfonamides is 1. The molecule has 1 atom stereocenters. The minimum atomic E-state index is -3.52. The molecule has 1 amide bonds. The van der Waals surface area contributed by atoms with Crippen LogP contribution in [0.15, 0.2) is 29.2 Å². The number of nitrogens with two attached hydrogens (primary N) is 1. The predicted octanol–water partition coefficient (Wildman–Crippen LogP) is 2.34. The van der Waals surface area contributed by atoms with Crippen LogP contribution in [-0.2, 0) is 10.0 Å². The van der Waals surface area contributed by atoms with Gasteiger partial charge in [0.15, 0.2) is 0 Å². The Morgan fingerprint density at radius 1 is 1.12 bits per heavy atom. The molecule has 0 saturated carbocycles. The van der Waals surface area contributed by atoms with Crippen molar-refractivity contribution in [3.05, 3.63) is 29.8 Å². The Hall–Kier alpha value is -1.15. The number of amides is 1. The largest absolute Gasteiger partial charge is 0.338 e. The van der Waals surface area contributed by atoms with E-state index in [0.717, 1.165) is 12.8 Å². The van der Waals surface area contributed by atoms with Gasteiger partial charge >= 0.3 is 0 Å². The van der Waals surface area contributed by atoms with Crippen molar-refractivity contribution in [2.45, 2.75) is 44.6 Å². The Labute approximate surface area is 157 Å². The summed E-state index contributed by atoms with van der Waals surface area (Å²) < 4.78 is 26.9. The lowest BCUT2D eigenvalue weighted by Gasteiger charge is -2.24. The van der Waals surface area contributed by atoms with E-state index in [9.17, 15) is 13.2 Å². The van der Waals surface area contributed by atoms with Gasteiger partial charge in [-0.2, -0.15) is 4.31 Å². The molecule has 0 aliphatic rings. The number of likely N-dealkylation sites (N-methyl/N-ethyl adjacent to an activating group) is 1. The molecule has 144 valence electrons. The summed E-state index contributed by atoms with van der Waals surface area (Å²) in [6, 6.07) is 6.05. The first-order chi connectivity index (χ1) is 11.3. The number of halogens is 1. The Kier molecular flexibility index (Phi) is 10.3. The molecule has 1 aromatic rings. The van der Waals surface area contributed by atoms with Crippen molar-refractivity contribution >= 4 is 28.3 Å². The van der Waals surface area contributed by atoms with Gasteiger partial charge in [-0.25, -0.2) is 8.42 Å². The quantitative estimate of drug-likeness (QED) is 0.700. The minimum absolute atomic E-state index is 0. The molecule has 0 aliphatic heterocycles. The summed E-state index contributed by atoms with van der Waals surface area (Å²) in [4.78, 5) is 14.1. The SMILES string of the molecule is CCCN(CCC)S(=O)(=O)c1ccc(C(=O)N(C)C(C)CN)cc1.Cl. The summed E-state index contributed by atoms with van der Waals surface area (Å²) in [5, 5.41) is 0. The van der Waals surface area contributed by atoms with Gasteiger partial charge in [0.25, 0.3) is 5.91 Å². The van der Waals surface area contributed by atoms with E-state index in [1.807, 2.05) is 20.8 Å². The van der Waals surface area contributed by atoms with Gasteiger partial charge < -0.3 is 10.6 Å². The highest BCUT2D eigenvalue weighted by Gasteiger charge is 2.24. The predicted molar refractivity (Wildman–Crippen MR) is 104 cm³/mol. The van der Waals surface area contributed by atoms with E-state index in [1.165, 1.54) is 16.4 Å². The van der Waals surface area contributed by atoms with Crippen LogP contribution in [0.3, 0.4) is 0 Å². The zero-order valence-corrected chi connectivity index (χ0v) is 17.1. The number of hydrogen-bond donors (Lipinski definition) is 1. The van der Waals surface area contributed by atoms with Crippen molar-refractivity contribution in [3.8, 4) is 0 Å². The van der Waals surface area contributed by atoms with Crippen molar-refractivity contribution in [1.29, 1.82) is 0 Å². The van der Waals surface area contributed by atoms with E-state index in [2.05, 4.69) is 0 Å². The third kappa shape index (κ3) is 5.95. The molecular weight excluding hydrogens is 362 g/mol. The molecule has 25 heavy (non-hydrogen) atoms. The van der Waals surface area contributed by atoms with Crippen molar-refractivity contribution in [1.82, 2.24) is 9.21 Å². The number of hydrogen-bond acceptors (Lipinski definition) is 4. The number of rotatable bonds is 9. The van der Waals surface area contributed by atoms with E-state index >= 15 is 0 Å². The van der Waals surface area contributed by atoms with E-state index in [1.54, 1.807) is 24.1 Å². The lowest BCUT2D eigenvalue weighted by molar-refractivity contribution is 0.0748. The molecule has 2 N–H and O–H groups in total. The van der Waals surface area contributed by atoms with Gasteiger partial charge in [-0.15, -0.1) is 12.4 Å². The van der Waals surface area contributed by atoms with Crippen LogP contribution >= 0.6 is 12.4 Å². The Morgan fingerprint density at radius 2 is 1.60 bits per heavy atom. The molecule has 6 nitrogen and oxygen atoms in total. The fourth-order valence-electron chi connectivity index (χ4n) is 2.33. The van der Waals surface area contributed by atoms with E-state index < -0.39 is 10.0 Å². The molecule has 0 heterocycles. The zero-order chi connectivity index (χ0) is 18.3. The average Bonchev–Trinajstić information content (AvgIpc) is 2.59. The van der Waals surface area contributed by atoms with E-state index in [0.29, 0.717) is 25.2 Å². The van der Waals surface area contributed by atoms with Crippen LogP contribution in [0.4, 0.5) is 0 Å². The summed E-state index contributed by atoms with van der Waals surface area (Å²) >= 11 is 0. The molecule has 0 saturated heterocycles. The van der Waals surface area contributed by atoms with Gasteiger partial charge in [-0.3, -0.25) is 4.79 Å². The number of nitrogens with zero attached hydrogens (tertiary/aromatic N) is 2. The van der Waals surface area contributed by atoms with Crippen LogP contribution < -0.4 is 5.73 Å². The first-order valence-electron chi connectivity index (χ1n) is 8.37. The Balaban J connectivity index is 0.00000576. The molecule has 1 unspecified atom stereocenters. The summed E-state index contributed by atoms with van der Waals surface area (Å²) in [6.45, 7) is 7.13. The van der Waals surface area contributed by atoms with Gasteiger partial charge in [-0.05, 0) is 44.0 Å². The van der Waals surface area contributed by atoms with Crippen LogP contribution in [0.2, 0.25) is 0 Å². The second kappa shape index (κ2) is 10.8. The standard InChI is InChI=1S/C17H29N3O3S.ClH/c1-5-11-20(12-6-2)24(22,23)16-9-7-15(8-10-16)17(21)19(4)14(3)13-18;/h7-10,14H,5-6,11-13,18H2,1-4H3;1H. The molecule has 0 radical (unpaired) electrons. The lowest BCUT2D eigenvalue weighted by atomic mass is 10.2. The van der Waals surface area contributed by atoms with Crippen molar-refractivity contribution in [2.75, 3.05) is 26.7 Å². The first-order valence-corrected chi connectivity index (χ1v) is 9.81. The topological polar surface area (TPSA) is 83.7 Å². The van der Waals surface area contributed by atoms with E-state index in [-0.39, 0.29) is 29.3 Å². The molecule has 0 bridgehead atoms. The maximum atomic E-state index is 12.7. The number of benzene rings is 1. The van der Waals surface area contributed by atoms with E-state index in [4.69, 9.17) is 5.73 Å². The fourth-order valence-corrected chi connectivity index (χ4v) is 3.96. The van der Waals surface area contributed by atoms with Crippen molar-refractivity contribution in [3.63, 3.8) is 0 Å². The highest BCUT2D eigenvalue weighted by atomic mass is 35.5. The normalized spacial score (nSPS) is 12.6. The highest BCUT2D eigenvalue weighted by Crippen LogP contribution is 2.18. The molecule has 0 aliphatic carbocycles. The Bertz CT molecular complexity index is 629. The molecular formula is C17H30ClN3O3S. The maximum Gasteiger partial charge on any atom is 0.253 e. The molecule has 1 rings (SSSR count). The average molecular weight is 392 g/mol. The summed E-state index contributed by atoms with van der Waals surface area (Å²) in [5.41, 5.74) is 6.03. The summed E-state index contributed by atoms with van der Waals surface area (Å²) in [6.07, 6.45) is 1.52. The van der Waals surface area contributed by atoms with Gasteiger partial charge in [0.05, 0.1) is 4.90 Å². The minimum Gasteiger partial charge on any atom is -0.338 e. The number of carbonyl (C=O) groups excluding carboxylic acids is 1. The van der Waals surface area contributed by atoms with Gasteiger partial charge in [0.1, 0.15) is 0 Å². The number of carbonyl (C=O) groups is 1. The lowest BCUT2D eigenvalue weighted by Crippen LogP contribution is -2.39. The van der Waals surface area contributed by atoms with Crippen LogP contribution in [0.25, 0.3) is 0 Å². The zero-order valence-electron chi connectivity index (χ0n) is 15.4. The van der Waals surface area contributed by atoms with Gasteiger partial charge in [0.2, 0.25) is 10.0 Å². The van der Waals surface area contributed by atoms with Crippen LogP contribution in [0, 0.1) is 0 Å². The van der Waals surface area contributed by atoms with Crippen LogP contribution in [-0.4, -0.2) is 56.3 Å². The third-order valence-corrected chi connectivity index (χ3v) is 5.92. The van der Waals surface area contributed by atoms with Crippen LogP contribution in [0.1, 0.15) is 44.0 Å².